The van der Waals surface area contributed by atoms with Crippen LogP contribution in [0.5, 0.6) is 0 Å². The largest absolute Gasteiger partial charge is 0.352 e. The fourth-order valence-corrected chi connectivity index (χ4v) is 6.99. The van der Waals surface area contributed by atoms with E-state index in [1.807, 2.05) is 0 Å². The average molecular weight is 376 g/mol. The predicted octanol–water partition coefficient (Wildman–Crippen LogP) is 3.57. The minimum absolute atomic E-state index is 0.0148. The molecule has 0 aromatic heterocycles. The van der Waals surface area contributed by atoms with E-state index in [0.29, 0.717) is 11.0 Å². The number of hydrogen-bond donors (Lipinski definition) is 1. The lowest BCUT2D eigenvalue weighted by molar-refractivity contribution is -0.0564. The minimum atomic E-state index is -3.05. The molecule has 4 aliphatic rings. The Bertz CT molecular complexity index is 747. The second kappa shape index (κ2) is 6.66. The fraction of sp³-hybridized carbons (Fsp3) is 0.667. The van der Waals surface area contributed by atoms with Gasteiger partial charge in [-0.15, -0.1) is 0 Å². The van der Waals surface area contributed by atoms with Crippen LogP contribution < -0.4 is 5.32 Å². The van der Waals surface area contributed by atoms with Crippen molar-refractivity contribution in [2.75, 3.05) is 12.8 Å². The quantitative estimate of drug-likeness (QED) is 0.827. The zero-order valence-corrected chi connectivity index (χ0v) is 16.4. The third-order valence-electron chi connectivity index (χ3n) is 6.75. The van der Waals surface area contributed by atoms with Crippen molar-refractivity contribution in [3.63, 3.8) is 0 Å². The summed E-state index contributed by atoms with van der Waals surface area (Å²) in [4.78, 5) is 12.4. The minimum Gasteiger partial charge on any atom is -0.352 e. The average Bonchev–Trinajstić information content (AvgIpc) is 2.52. The molecule has 1 aromatic carbocycles. The van der Waals surface area contributed by atoms with Gasteiger partial charge in [0.2, 0.25) is 0 Å². The molecule has 4 aliphatic carbocycles. The van der Waals surface area contributed by atoms with Gasteiger partial charge >= 0.3 is 0 Å². The van der Waals surface area contributed by atoms with Crippen LogP contribution in [0.2, 0.25) is 0 Å². The van der Waals surface area contributed by atoms with Crippen LogP contribution in [-0.4, -0.2) is 27.1 Å². The van der Waals surface area contributed by atoms with Crippen molar-refractivity contribution in [2.45, 2.75) is 50.7 Å². The first-order chi connectivity index (χ1) is 12.3. The zero-order chi connectivity index (χ0) is 18.4. The third-order valence-corrected chi connectivity index (χ3v) is 7.61. The molecule has 26 heavy (non-hydrogen) atoms. The van der Waals surface area contributed by atoms with Gasteiger partial charge in [-0.05, 0) is 85.8 Å². The second-order valence-electron chi connectivity index (χ2n) is 9.19. The van der Waals surface area contributed by atoms with Gasteiger partial charge in [-0.3, -0.25) is 4.79 Å². The number of nitrogens with one attached hydrogen (secondary N) is 1. The molecule has 4 saturated carbocycles. The Morgan fingerprint density at radius 3 is 2.08 bits per heavy atom. The van der Waals surface area contributed by atoms with Crippen molar-refractivity contribution < 1.29 is 13.2 Å². The first kappa shape index (κ1) is 18.0. The van der Waals surface area contributed by atoms with Gasteiger partial charge < -0.3 is 5.32 Å². The maximum absolute atomic E-state index is 12.4. The van der Waals surface area contributed by atoms with Crippen LogP contribution in [0.15, 0.2) is 24.3 Å². The van der Waals surface area contributed by atoms with E-state index in [0.717, 1.165) is 36.3 Å². The highest BCUT2D eigenvalue weighted by atomic mass is 32.2. The maximum atomic E-state index is 12.4. The van der Waals surface area contributed by atoms with Crippen molar-refractivity contribution in [2.24, 2.45) is 23.2 Å². The van der Waals surface area contributed by atoms with Crippen LogP contribution in [0.4, 0.5) is 0 Å². The summed E-state index contributed by atoms with van der Waals surface area (Å²) in [6.45, 7) is 0.746. The van der Waals surface area contributed by atoms with Crippen LogP contribution in [-0.2, 0) is 15.6 Å². The number of rotatable bonds is 6. The van der Waals surface area contributed by atoms with E-state index in [1.165, 1.54) is 44.8 Å². The van der Waals surface area contributed by atoms with Gasteiger partial charge in [-0.2, -0.15) is 0 Å². The molecule has 1 aromatic rings. The number of carbonyl (C=O) groups is 1. The third kappa shape index (κ3) is 3.98. The molecule has 4 bridgehead atoms. The highest BCUT2D eigenvalue weighted by Gasteiger charge is 2.50. The van der Waals surface area contributed by atoms with Crippen LogP contribution in [0.1, 0.15) is 60.9 Å². The van der Waals surface area contributed by atoms with Crippen molar-refractivity contribution >= 4 is 15.7 Å². The van der Waals surface area contributed by atoms with Crippen LogP contribution in [0.25, 0.3) is 0 Å². The molecule has 1 amide bonds. The SMILES string of the molecule is CS(=O)(=O)Cc1ccc(C(=O)NCCC23CC4CC(CC(C4)C2)C3)cc1. The van der Waals surface area contributed by atoms with E-state index in [-0.39, 0.29) is 11.7 Å². The molecule has 0 aliphatic heterocycles. The smallest absolute Gasteiger partial charge is 0.251 e. The van der Waals surface area contributed by atoms with Crippen LogP contribution >= 0.6 is 0 Å². The molecule has 5 heteroatoms. The lowest BCUT2D eigenvalue weighted by Crippen LogP contribution is -2.47. The summed E-state index contributed by atoms with van der Waals surface area (Å²) in [6, 6.07) is 6.91. The van der Waals surface area contributed by atoms with Gasteiger partial charge in [0.25, 0.3) is 5.91 Å². The lowest BCUT2D eigenvalue weighted by atomic mass is 9.49. The Balaban J connectivity index is 1.30. The van der Waals surface area contributed by atoms with Crippen molar-refractivity contribution in [3.8, 4) is 0 Å². The molecule has 1 N–H and O–H groups in total. The highest BCUT2D eigenvalue weighted by Crippen LogP contribution is 2.61. The molecule has 0 radical (unpaired) electrons. The van der Waals surface area contributed by atoms with E-state index in [1.54, 1.807) is 24.3 Å². The number of sulfone groups is 1. The number of hydrogen-bond acceptors (Lipinski definition) is 3. The van der Waals surface area contributed by atoms with Gasteiger partial charge in [0.05, 0.1) is 5.75 Å². The summed E-state index contributed by atoms with van der Waals surface area (Å²) < 4.78 is 22.7. The molecular formula is C21H29NO3S. The Morgan fingerprint density at radius 1 is 1.04 bits per heavy atom. The standard InChI is InChI=1S/C21H29NO3S/c1-26(24,25)14-15-2-4-19(5-3-15)20(23)22-7-6-21-11-16-8-17(12-21)10-18(9-16)13-21/h2-5,16-18H,6-14H2,1H3,(H,22,23). The van der Waals surface area contributed by atoms with Crippen molar-refractivity contribution in [3.05, 3.63) is 35.4 Å². The summed E-state index contributed by atoms with van der Waals surface area (Å²) >= 11 is 0. The summed E-state index contributed by atoms with van der Waals surface area (Å²) in [5.74, 6) is 2.79. The molecular weight excluding hydrogens is 346 g/mol. The summed E-state index contributed by atoms with van der Waals surface area (Å²) in [5.41, 5.74) is 1.81. The molecule has 0 spiro atoms. The summed E-state index contributed by atoms with van der Waals surface area (Å²) in [7, 11) is -3.05. The predicted molar refractivity (Wildman–Crippen MR) is 103 cm³/mol. The van der Waals surface area contributed by atoms with Gasteiger partial charge in [-0.25, -0.2) is 8.42 Å². The van der Waals surface area contributed by atoms with E-state index in [4.69, 9.17) is 0 Å². The Hall–Kier alpha value is -1.36. The Labute approximate surface area is 156 Å². The van der Waals surface area contributed by atoms with Crippen LogP contribution in [0, 0.1) is 23.2 Å². The van der Waals surface area contributed by atoms with E-state index in [9.17, 15) is 13.2 Å². The maximum Gasteiger partial charge on any atom is 0.251 e. The highest BCUT2D eigenvalue weighted by molar-refractivity contribution is 7.89. The molecule has 142 valence electrons. The summed E-state index contributed by atoms with van der Waals surface area (Å²) in [6.07, 6.45) is 10.8. The lowest BCUT2D eigenvalue weighted by Gasteiger charge is -2.57. The molecule has 0 atom stereocenters. The van der Waals surface area contributed by atoms with E-state index >= 15 is 0 Å². The van der Waals surface area contributed by atoms with Gasteiger partial charge in [0.15, 0.2) is 9.84 Å². The molecule has 0 saturated heterocycles. The first-order valence-electron chi connectivity index (χ1n) is 9.85. The Morgan fingerprint density at radius 2 is 1.58 bits per heavy atom. The van der Waals surface area contributed by atoms with Gasteiger partial charge in [-0.1, -0.05) is 12.1 Å². The van der Waals surface area contributed by atoms with Gasteiger partial charge in [0, 0.05) is 18.4 Å². The van der Waals surface area contributed by atoms with E-state index < -0.39 is 9.84 Å². The van der Waals surface area contributed by atoms with E-state index in [2.05, 4.69) is 5.32 Å². The van der Waals surface area contributed by atoms with Crippen LogP contribution in [0.3, 0.4) is 0 Å². The fourth-order valence-electron chi connectivity index (χ4n) is 6.19. The first-order valence-corrected chi connectivity index (χ1v) is 11.9. The monoisotopic (exact) mass is 375 g/mol. The molecule has 4 fully saturated rings. The molecule has 0 unspecified atom stereocenters. The Kier molecular flexibility index (Phi) is 4.62. The summed E-state index contributed by atoms with van der Waals surface area (Å²) in [5, 5.41) is 3.08. The number of benzene rings is 1. The van der Waals surface area contributed by atoms with Crippen molar-refractivity contribution in [1.29, 1.82) is 0 Å². The molecule has 0 heterocycles. The van der Waals surface area contributed by atoms with Crippen molar-refractivity contribution in [1.82, 2.24) is 5.32 Å². The molecule has 5 rings (SSSR count). The number of carbonyl (C=O) groups excluding carboxylic acids is 1. The topological polar surface area (TPSA) is 63.2 Å². The second-order valence-corrected chi connectivity index (χ2v) is 11.3. The number of amides is 1. The zero-order valence-electron chi connectivity index (χ0n) is 15.5. The normalized spacial score (nSPS) is 32.6. The molecule has 4 nitrogen and oxygen atoms in total. The van der Waals surface area contributed by atoms with Gasteiger partial charge in [0.1, 0.15) is 0 Å².